The van der Waals surface area contributed by atoms with Crippen LogP contribution in [0.2, 0.25) is 0 Å². The zero-order valence-corrected chi connectivity index (χ0v) is 7.46. The number of ether oxygens (including phenoxy) is 1. The van der Waals surface area contributed by atoms with Crippen LogP contribution in [0.1, 0.15) is 6.92 Å². The van der Waals surface area contributed by atoms with E-state index in [1.807, 2.05) is 13.0 Å². The lowest BCUT2D eigenvalue weighted by Gasteiger charge is -2.04. The van der Waals surface area contributed by atoms with Crippen molar-refractivity contribution in [2.75, 3.05) is 19.0 Å². The van der Waals surface area contributed by atoms with Gasteiger partial charge in [-0.3, -0.25) is 9.51 Å². The second-order valence-corrected chi connectivity index (χ2v) is 2.26. The first-order chi connectivity index (χ1) is 6.26. The molecule has 6 heteroatoms. The van der Waals surface area contributed by atoms with E-state index in [-0.39, 0.29) is 0 Å². The third kappa shape index (κ3) is 2.66. The van der Waals surface area contributed by atoms with Gasteiger partial charge in [0.25, 0.3) is 0 Å². The molecule has 6 nitrogen and oxygen atoms in total. The van der Waals surface area contributed by atoms with Gasteiger partial charge in [-0.1, -0.05) is 0 Å². The molecule has 0 amide bonds. The predicted molar refractivity (Wildman–Crippen MR) is 46.4 cm³/mol. The maximum atomic E-state index is 10.5. The summed E-state index contributed by atoms with van der Waals surface area (Å²) in [6.07, 6.45) is 1.81. The molecule has 0 saturated carbocycles. The predicted octanol–water partition coefficient (Wildman–Crippen LogP) is 0.325. The molecule has 0 atom stereocenters. The summed E-state index contributed by atoms with van der Waals surface area (Å²) in [6.45, 7) is 2.31. The molecule has 1 aromatic rings. The minimum absolute atomic E-state index is 0.293. The summed E-state index contributed by atoms with van der Waals surface area (Å²) >= 11 is 0. The standard InChI is InChI=1S/C7H11N3O3/c1-3-5(12-2)4-8-6-9-7(11)13-10-6/h3H,4H2,1-2H3,(H2,8,9,10,11)/b5-3-. The average Bonchev–Trinajstić information content (AvgIpc) is 2.53. The molecule has 0 aliphatic rings. The van der Waals surface area contributed by atoms with Gasteiger partial charge in [-0.05, 0) is 18.2 Å². The molecule has 0 saturated heterocycles. The highest BCUT2D eigenvalue weighted by Crippen LogP contribution is 1.97. The van der Waals surface area contributed by atoms with E-state index in [0.717, 1.165) is 5.76 Å². The Hall–Kier alpha value is -1.72. The molecule has 1 aromatic heterocycles. The van der Waals surface area contributed by atoms with Crippen LogP contribution in [0.15, 0.2) is 21.2 Å². The van der Waals surface area contributed by atoms with Crippen LogP contribution in [0, 0.1) is 0 Å². The second kappa shape index (κ2) is 4.34. The van der Waals surface area contributed by atoms with Crippen molar-refractivity contribution in [3.63, 3.8) is 0 Å². The molecule has 1 rings (SSSR count). The van der Waals surface area contributed by atoms with E-state index in [9.17, 15) is 4.79 Å². The number of rotatable bonds is 4. The van der Waals surface area contributed by atoms with E-state index in [2.05, 4.69) is 20.0 Å². The highest BCUT2D eigenvalue weighted by molar-refractivity contribution is 5.22. The lowest BCUT2D eigenvalue weighted by Crippen LogP contribution is -2.08. The van der Waals surface area contributed by atoms with Gasteiger partial charge in [0.05, 0.1) is 13.7 Å². The average molecular weight is 185 g/mol. The third-order valence-electron chi connectivity index (χ3n) is 1.45. The minimum Gasteiger partial charge on any atom is -0.500 e. The third-order valence-corrected chi connectivity index (χ3v) is 1.45. The Morgan fingerprint density at radius 3 is 3.08 bits per heavy atom. The van der Waals surface area contributed by atoms with Gasteiger partial charge in [0.15, 0.2) is 0 Å². The molecule has 0 bridgehead atoms. The summed E-state index contributed by atoms with van der Waals surface area (Å²) < 4.78 is 9.26. The summed E-state index contributed by atoms with van der Waals surface area (Å²) in [5.41, 5.74) is 0. The molecule has 2 N–H and O–H groups in total. The number of allylic oxidation sites excluding steroid dienone is 1. The van der Waals surface area contributed by atoms with Crippen molar-refractivity contribution in [2.24, 2.45) is 0 Å². The number of hydrogen-bond donors (Lipinski definition) is 2. The van der Waals surface area contributed by atoms with Gasteiger partial charge in [-0.15, -0.1) is 0 Å². The quantitative estimate of drug-likeness (QED) is 0.660. The highest BCUT2D eigenvalue weighted by Gasteiger charge is 1.99. The topological polar surface area (TPSA) is 80.2 Å². The highest BCUT2D eigenvalue weighted by atomic mass is 16.5. The van der Waals surface area contributed by atoms with Crippen molar-refractivity contribution in [1.82, 2.24) is 10.1 Å². The summed E-state index contributed by atoms with van der Waals surface area (Å²) in [4.78, 5) is 12.9. The molecule has 0 spiro atoms. The molecule has 0 radical (unpaired) electrons. The van der Waals surface area contributed by atoms with Crippen molar-refractivity contribution in [3.8, 4) is 0 Å². The Labute approximate surface area is 74.6 Å². The Morgan fingerprint density at radius 2 is 2.62 bits per heavy atom. The van der Waals surface area contributed by atoms with Crippen LogP contribution in [-0.2, 0) is 4.74 Å². The number of hydrogen-bond acceptors (Lipinski definition) is 5. The van der Waals surface area contributed by atoms with E-state index in [1.54, 1.807) is 7.11 Å². The Kier molecular flexibility index (Phi) is 3.13. The molecule has 0 unspecified atom stereocenters. The Morgan fingerprint density at radius 1 is 1.85 bits per heavy atom. The van der Waals surface area contributed by atoms with Crippen LogP contribution in [-0.4, -0.2) is 23.8 Å². The molecule has 0 fully saturated rings. The molecule has 0 aromatic carbocycles. The van der Waals surface area contributed by atoms with E-state index < -0.39 is 5.76 Å². The van der Waals surface area contributed by atoms with Gasteiger partial charge in [0, 0.05) is 0 Å². The monoisotopic (exact) mass is 185 g/mol. The maximum Gasteiger partial charge on any atom is 0.440 e. The van der Waals surface area contributed by atoms with Crippen molar-refractivity contribution >= 4 is 5.95 Å². The van der Waals surface area contributed by atoms with Gasteiger partial charge in [0.1, 0.15) is 5.76 Å². The number of methoxy groups -OCH3 is 1. The molecule has 72 valence electrons. The number of nitrogens with zero attached hydrogens (tertiary/aromatic N) is 1. The Bertz CT molecular complexity index is 339. The lowest BCUT2D eigenvalue weighted by atomic mass is 10.4. The molecule has 13 heavy (non-hydrogen) atoms. The minimum atomic E-state index is -0.582. The number of aromatic nitrogens is 2. The normalized spacial score (nSPS) is 11.4. The first-order valence-corrected chi connectivity index (χ1v) is 3.75. The van der Waals surface area contributed by atoms with Crippen LogP contribution in [0.4, 0.5) is 5.95 Å². The first kappa shape index (κ1) is 9.37. The zero-order valence-electron chi connectivity index (χ0n) is 7.46. The Balaban J connectivity index is 2.47. The van der Waals surface area contributed by atoms with Crippen molar-refractivity contribution in [1.29, 1.82) is 0 Å². The van der Waals surface area contributed by atoms with E-state index in [1.165, 1.54) is 0 Å². The van der Waals surface area contributed by atoms with E-state index in [0.29, 0.717) is 12.5 Å². The van der Waals surface area contributed by atoms with Crippen molar-refractivity contribution in [3.05, 3.63) is 22.4 Å². The first-order valence-electron chi connectivity index (χ1n) is 3.75. The van der Waals surface area contributed by atoms with Crippen LogP contribution in [0.5, 0.6) is 0 Å². The summed E-state index contributed by atoms with van der Waals surface area (Å²) in [7, 11) is 1.57. The van der Waals surface area contributed by atoms with E-state index in [4.69, 9.17) is 4.74 Å². The maximum absolute atomic E-state index is 10.5. The van der Waals surface area contributed by atoms with Crippen LogP contribution in [0.3, 0.4) is 0 Å². The molecule has 1 heterocycles. The zero-order chi connectivity index (χ0) is 9.68. The summed E-state index contributed by atoms with van der Waals surface area (Å²) in [6, 6.07) is 0. The van der Waals surface area contributed by atoms with Crippen LogP contribution < -0.4 is 11.1 Å². The fourth-order valence-corrected chi connectivity index (χ4v) is 0.769. The van der Waals surface area contributed by atoms with Gasteiger partial charge in [0.2, 0.25) is 5.95 Å². The van der Waals surface area contributed by atoms with Gasteiger partial charge in [-0.2, -0.15) is 0 Å². The van der Waals surface area contributed by atoms with Crippen molar-refractivity contribution in [2.45, 2.75) is 6.92 Å². The van der Waals surface area contributed by atoms with Crippen LogP contribution in [0.25, 0.3) is 0 Å². The molecule has 0 aliphatic carbocycles. The van der Waals surface area contributed by atoms with Gasteiger partial charge < -0.3 is 10.1 Å². The SMILES string of the molecule is C/C=C(/CNc1noc(=O)[nH]1)OC. The summed E-state index contributed by atoms with van der Waals surface area (Å²) in [5.74, 6) is 0.465. The number of H-pyrrole nitrogens is 1. The number of aromatic amines is 1. The van der Waals surface area contributed by atoms with Crippen LogP contribution >= 0.6 is 0 Å². The fourth-order valence-electron chi connectivity index (χ4n) is 0.769. The fraction of sp³-hybridized carbons (Fsp3) is 0.429. The molecular formula is C7H11N3O3. The molecular weight excluding hydrogens is 174 g/mol. The smallest absolute Gasteiger partial charge is 0.440 e. The largest absolute Gasteiger partial charge is 0.500 e. The van der Waals surface area contributed by atoms with E-state index >= 15 is 0 Å². The molecule has 0 aliphatic heterocycles. The lowest BCUT2D eigenvalue weighted by molar-refractivity contribution is 0.288. The van der Waals surface area contributed by atoms with Gasteiger partial charge in [-0.25, -0.2) is 4.79 Å². The van der Waals surface area contributed by atoms with Gasteiger partial charge >= 0.3 is 5.76 Å². The number of anilines is 1. The summed E-state index contributed by atoms with van der Waals surface area (Å²) in [5, 5.41) is 6.23. The number of nitrogens with one attached hydrogen (secondary N) is 2. The second-order valence-electron chi connectivity index (χ2n) is 2.26. The van der Waals surface area contributed by atoms with Crippen molar-refractivity contribution < 1.29 is 9.26 Å².